The third-order valence-electron chi connectivity index (χ3n) is 3.08. The zero-order valence-corrected chi connectivity index (χ0v) is 13.2. The number of diazo groups is 1. The lowest BCUT2D eigenvalue weighted by atomic mass is 10.2. The molecule has 7 heteroatoms. The molecule has 0 aromatic heterocycles. The van der Waals surface area contributed by atoms with Crippen LogP contribution < -0.4 is 17.7 Å². The van der Waals surface area contributed by atoms with Crippen molar-refractivity contribution in [1.29, 1.82) is 5.39 Å². The van der Waals surface area contributed by atoms with Crippen molar-refractivity contribution in [3.8, 4) is 0 Å². The third-order valence-corrected chi connectivity index (χ3v) is 3.08. The number of nitrogens with one attached hydrogen (secondary N) is 1. The zero-order chi connectivity index (χ0) is 14.1. The fraction of sp³-hybridized carbons (Fsp3) is 0.500. The molecule has 0 saturated carbocycles. The van der Waals surface area contributed by atoms with Crippen LogP contribution in [0.4, 0.5) is 5.69 Å². The lowest BCUT2D eigenvalue weighted by Crippen LogP contribution is -3.00. The number of benzene rings is 1. The maximum Gasteiger partial charge on any atom is 0.385 e. The van der Waals surface area contributed by atoms with Crippen LogP contribution in [0.25, 0.3) is 4.98 Å². The zero-order valence-electron chi connectivity index (χ0n) is 12.5. The topological polar surface area (TPSA) is 92.0 Å². The predicted octanol–water partition coefficient (Wildman–Crippen LogP) is -1.19. The van der Waals surface area contributed by atoms with Crippen LogP contribution in [0.3, 0.4) is 0 Å². The number of rotatable bonds is 7. The van der Waals surface area contributed by atoms with Crippen molar-refractivity contribution >= 4 is 11.6 Å². The van der Waals surface area contributed by atoms with E-state index in [1.54, 1.807) is 24.3 Å². The Balaban J connectivity index is 0. The van der Waals surface area contributed by atoms with Crippen LogP contribution in [0.15, 0.2) is 24.3 Å². The molecule has 0 spiro atoms. The number of amides is 1. The van der Waals surface area contributed by atoms with Gasteiger partial charge in [0, 0.05) is 24.2 Å². The van der Waals surface area contributed by atoms with Gasteiger partial charge in [-0.1, -0.05) is 13.8 Å². The van der Waals surface area contributed by atoms with Gasteiger partial charge in [0.1, 0.15) is 0 Å². The number of halogens is 1. The van der Waals surface area contributed by atoms with Crippen molar-refractivity contribution in [3.05, 3.63) is 34.8 Å². The molecule has 1 rings (SSSR count). The lowest BCUT2D eigenvalue weighted by molar-refractivity contribution is -0.0000139. The number of hydrogen-bond donors (Lipinski definition) is 1. The van der Waals surface area contributed by atoms with E-state index in [1.807, 2.05) is 0 Å². The number of hydrogen-bond acceptors (Lipinski definition) is 3. The molecule has 0 aliphatic rings. The highest BCUT2D eigenvalue weighted by Crippen LogP contribution is 2.12. The summed E-state index contributed by atoms with van der Waals surface area (Å²) in [7, 11) is 0. The van der Waals surface area contributed by atoms with Gasteiger partial charge in [0.2, 0.25) is 5.39 Å². The molecular formula is C14H23ClN4O2. The Kier molecular flexibility index (Phi) is 12.4. The average molecular weight is 315 g/mol. The SMILES string of the molecule is CCN(CC)CCCNC(=O)c1ccc([N+]#N)cc1.O.[Cl-]. The van der Waals surface area contributed by atoms with Crippen molar-refractivity contribution < 1.29 is 22.7 Å². The van der Waals surface area contributed by atoms with E-state index in [0.29, 0.717) is 17.8 Å². The molecule has 21 heavy (non-hydrogen) atoms. The Hall–Kier alpha value is -1.68. The quantitative estimate of drug-likeness (QED) is 0.507. The Morgan fingerprint density at radius 3 is 2.29 bits per heavy atom. The maximum atomic E-state index is 11.8. The Morgan fingerprint density at radius 2 is 1.81 bits per heavy atom. The van der Waals surface area contributed by atoms with Gasteiger partial charge in [0.05, 0.1) is 0 Å². The summed E-state index contributed by atoms with van der Waals surface area (Å²) in [6.07, 6.45) is 0.942. The standard InChI is InChI=1S/C14H20N4O.ClH.H2O/c1-3-18(4-2)11-5-10-16-14(19)12-6-8-13(17-15)9-7-12;;/h6-9H,3-5,10-11H2,1-2H3;1H;1H2. The summed E-state index contributed by atoms with van der Waals surface area (Å²) in [5.74, 6) is -0.0935. The molecule has 0 aliphatic carbocycles. The minimum atomic E-state index is -0.0935. The molecule has 0 radical (unpaired) electrons. The van der Waals surface area contributed by atoms with Crippen LogP contribution in [0.5, 0.6) is 0 Å². The van der Waals surface area contributed by atoms with Gasteiger partial charge in [0.15, 0.2) is 4.98 Å². The molecular weight excluding hydrogens is 292 g/mol. The molecule has 0 unspecified atom stereocenters. The molecule has 1 amide bonds. The highest BCUT2D eigenvalue weighted by Gasteiger charge is 2.08. The Bertz CT molecular complexity index is 441. The van der Waals surface area contributed by atoms with E-state index in [2.05, 4.69) is 29.0 Å². The van der Waals surface area contributed by atoms with E-state index in [0.717, 1.165) is 26.1 Å². The predicted molar refractivity (Wildman–Crippen MR) is 79.5 cm³/mol. The smallest absolute Gasteiger partial charge is 0.385 e. The second kappa shape index (κ2) is 12.1. The number of nitrogens with zero attached hydrogens (tertiary/aromatic N) is 3. The first-order chi connectivity index (χ1) is 9.21. The van der Waals surface area contributed by atoms with Gasteiger partial charge in [-0.2, -0.15) is 0 Å². The van der Waals surface area contributed by atoms with E-state index < -0.39 is 0 Å². The molecule has 0 fully saturated rings. The van der Waals surface area contributed by atoms with Crippen LogP contribution in [0.2, 0.25) is 0 Å². The third kappa shape index (κ3) is 7.61. The number of carbonyl (C=O) groups excluding carboxylic acids is 1. The van der Waals surface area contributed by atoms with E-state index in [9.17, 15) is 4.79 Å². The molecule has 1 aromatic carbocycles. The second-order valence-corrected chi connectivity index (χ2v) is 4.28. The van der Waals surface area contributed by atoms with Crippen LogP contribution in [0, 0.1) is 5.39 Å². The van der Waals surface area contributed by atoms with E-state index in [1.165, 1.54) is 0 Å². The van der Waals surface area contributed by atoms with Gasteiger partial charge in [-0.05, 0) is 38.2 Å². The Morgan fingerprint density at radius 1 is 1.24 bits per heavy atom. The minimum Gasteiger partial charge on any atom is -1.00 e. The van der Waals surface area contributed by atoms with Gasteiger partial charge < -0.3 is 28.1 Å². The second-order valence-electron chi connectivity index (χ2n) is 4.28. The highest BCUT2D eigenvalue weighted by molar-refractivity contribution is 5.94. The summed E-state index contributed by atoms with van der Waals surface area (Å²) in [5, 5.41) is 11.4. The average Bonchev–Trinajstić information content (AvgIpc) is 2.47. The maximum absolute atomic E-state index is 11.8. The van der Waals surface area contributed by atoms with Crippen LogP contribution in [0.1, 0.15) is 30.6 Å². The van der Waals surface area contributed by atoms with Gasteiger partial charge in [-0.25, -0.2) is 0 Å². The van der Waals surface area contributed by atoms with Gasteiger partial charge in [-0.3, -0.25) is 4.79 Å². The van der Waals surface area contributed by atoms with Gasteiger partial charge in [0.25, 0.3) is 5.91 Å². The van der Waals surface area contributed by atoms with Crippen molar-refractivity contribution in [2.75, 3.05) is 26.2 Å². The van der Waals surface area contributed by atoms with E-state index in [-0.39, 0.29) is 23.8 Å². The first kappa shape index (κ1) is 21.6. The molecule has 0 bridgehead atoms. The largest absolute Gasteiger partial charge is 1.00 e. The first-order valence-corrected chi connectivity index (χ1v) is 6.67. The first-order valence-electron chi connectivity index (χ1n) is 6.67. The Labute approximate surface area is 131 Å². The van der Waals surface area contributed by atoms with Gasteiger partial charge >= 0.3 is 5.69 Å². The molecule has 118 valence electrons. The fourth-order valence-corrected chi connectivity index (χ4v) is 1.83. The van der Waals surface area contributed by atoms with E-state index >= 15 is 0 Å². The van der Waals surface area contributed by atoms with Crippen LogP contribution >= 0.6 is 0 Å². The minimum absolute atomic E-state index is 0. The van der Waals surface area contributed by atoms with Crippen molar-refractivity contribution in [1.82, 2.24) is 10.2 Å². The summed E-state index contributed by atoms with van der Waals surface area (Å²) in [6, 6.07) is 6.50. The summed E-state index contributed by atoms with van der Waals surface area (Å²) in [5.41, 5.74) is 1.02. The van der Waals surface area contributed by atoms with Crippen molar-refractivity contribution in [2.24, 2.45) is 0 Å². The highest BCUT2D eigenvalue weighted by atomic mass is 35.5. The molecule has 0 aliphatic heterocycles. The van der Waals surface area contributed by atoms with Gasteiger partial charge in [-0.15, -0.1) is 0 Å². The molecule has 1 aromatic rings. The molecule has 0 heterocycles. The molecule has 3 N–H and O–H groups in total. The fourth-order valence-electron chi connectivity index (χ4n) is 1.83. The summed E-state index contributed by atoms with van der Waals surface area (Å²) in [6.45, 7) is 8.01. The summed E-state index contributed by atoms with van der Waals surface area (Å²) < 4.78 is 0. The summed E-state index contributed by atoms with van der Waals surface area (Å²) in [4.78, 5) is 17.2. The van der Waals surface area contributed by atoms with Crippen molar-refractivity contribution in [3.63, 3.8) is 0 Å². The van der Waals surface area contributed by atoms with Crippen LogP contribution in [-0.2, 0) is 0 Å². The van der Waals surface area contributed by atoms with E-state index in [4.69, 9.17) is 5.39 Å². The lowest BCUT2D eigenvalue weighted by Gasteiger charge is -2.17. The van der Waals surface area contributed by atoms with Crippen LogP contribution in [-0.4, -0.2) is 42.5 Å². The number of carbonyl (C=O) groups is 1. The molecule has 0 saturated heterocycles. The molecule has 0 atom stereocenters. The monoisotopic (exact) mass is 314 g/mol. The van der Waals surface area contributed by atoms with Crippen molar-refractivity contribution in [2.45, 2.75) is 20.3 Å². The normalized spacial score (nSPS) is 9.24. The summed E-state index contributed by atoms with van der Waals surface area (Å²) >= 11 is 0. The molecule has 6 nitrogen and oxygen atoms in total.